The van der Waals surface area contributed by atoms with Crippen molar-refractivity contribution in [3.63, 3.8) is 0 Å². The molecule has 2 aromatic rings. The number of pyridine rings is 1. The quantitative estimate of drug-likeness (QED) is 0.928. The molecule has 1 fully saturated rings. The Morgan fingerprint density at radius 1 is 1.37 bits per heavy atom. The van der Waals surface area contributed by atoms with Crippen molar-refractivity contribution < 1.29 is 0 Å². The second kappa shape index (κ2) is 5.67. The number of rotatable bonds is 4. The summed E-state index contributed by atoms with van der Waals surface area (Å²) in [6.45, 7) is 3.32. The van der Waals surface area contributed by atoms with E-state index in [0.717, 1.165) is 25.4 Å². The SMILES string of the molecule is Nc1ccc(CC2CCN(Cc3nccs3)C2)cn1. The van der Waals surface area contributed by atoms with Gasteiger partial charge in [0.15, 0.2) is 0 Å². The number of hydrogen-bond acceptors (Lipinski definition) is 5. The summed E-state index contributed by atoms with van der Waals surface area (Å²) in [6.07, 6.45) is 6.14. The van der Waals surface area contributed by atoms with Crippen LogP contribution in [0.25, 0.3) is 0 Å². The zero-order chi connectivity index (χ0) is 13.1. The molecule has 3 rings (SSSR count). The number of nitrogens with two attached hydrogens (primary N) is 1. The third-order valence-corrected chi connectivity index (χ3v) is 4.35. The van der Waals surface area contributed by atoms with Crippen molar-refractivity contribution in [2.45, 2.75) is 19.4 Å². The lowest BCUT2D eigenvalue weighted by Crippen LogP contribution is -2.20. The van der Waals surface area contributed by atoms with Crippen LogP contribution in [0.4, 0.5) is 5.82 Å². The van der Waals surface area contributed by atoms with E-state index in [1.165, 1.54) is 23.5 Å². The molecule has 0 radical (unpaired) electrons. The summed E-state index contributed by atoms with van der Waals surface area (Å²) in [6, 6.07) is 3.98. The molecule has 2 N–H and O–H groups in total. The first-order chi connectivity index (χ1) is 9.29. The smallest absolute Gasteiger partial charge is 0.123 e. The highest BCUT2D eigenvalue weighted by Crippen LogP contribution is 2.22. The predicted molar refractivity (Wildman–Crippen MR) is 77.9 cm³/mol. The monoisotopic (exact) mass is 274 g/mol. The van der Waals surface area contributed by atoms with E-state index in [1.54, 1.807) is 11.3 Å². The molecular weight excluding hydrogens is 256 g/mol. The molecule has 0 bridgehead atoms. The summed E-state index contributed by atoms with van der Waals surface area (Å²) in [5.74, 6) is 1.32. The maximum absolute atomic E-state index is 5.61. The highest BCUT2D eigenvalue weighted by atomic mass is 32.1. The lowest BCUT2D eigenvalue weighted by molar-refractivity contribution is 0.316. The second-order valence-electron chi connectivity index (χ2n) is 5.11. The number of aromatic nitrogens is 2. The average molecular weight is 274 g/mol. The van der Waals surface area contributed by atoms with Crippen molar-refractivity contribution in [3.05, 3.63) is 40.5 Å². The van der Waals surface area contributed by atoms with Crippen molar-refractivity contribution in [1.82, 2.24) is 14.9 Å². The van der Waals surface area contributed by atoms with Gasteiger partial charge in [-0.2, -0.15) is 0 Å². The highest BCUT2D eigenvalue weighted by molar-refractivity contribution is 7.09. The third kappa shape index (κ3) is 3.30. The van der Waals surface area contributed by atoms with Crippen LogP contribution in [0.15, 0.2) is 29.9 Å². The standard InChI is InChI=1S/C14H18N4S/c15-13-2-1-11(8-17-13)7-12-3-5-18(9-12)10-14-16-4-6-19-14/h1-2,4,6,8,12H,3,5,7,9-10H2,(H2,15,17). The maximum atomic E-state index is 5.61. The molecule has 19 heavy (non-hydrogen) atoms. The van der Waals surface area contributed by atoms with E-state index in [2.05, 4.69) is 20.9 Å². The van der Waals surface area contributed by atoms with Crippen LogP contribution in [0.3, 0.4) is 0 Å². The van der Waals surface area contributed by atoms with E-state index < -0.39 is 0 Å². The van der Waals surface area contributed by atoms with Crippen molar-refractivity contribution in [3.8, 4) is 0 Å². The van der Waals surface area contributed by atoms with Crippen LogP contribution in [0.5, 0.6) is 0 Å². The molecule has 3 heterocycles. The molecule has 1 saturated heterocycles. The molecule has 0 saturated carbocycles. The molecule has 0 amide bonds. The zero-order valence-electron chi connectivity index (χ0n) is 10.8. The summed E-state index contributed by atoms with van der Waals surface area (Å²) in [5.41, 5.74) is 6.89. The van der Waals surface area contributed by atoms with Crippen LogP contribution in [0, 0.1) is 5.92 Å². The van der Waals surface area contributed by atoms with Gasteiger partial charge in [-0.05, 0) is 36.9 Å². The first-order valence-electron chi connectivity index (χ1n) is 6.61. The van der Waals surface area contributed by atoms with Crippen molar-refractivity contribution in [2.24, 2.45) is 5.92 Å². The summed E-state index contributed by atoms with van der Waals surface area (Å²) in [4.78, 5) is 11.0. The minimum Gasteiger partial charge on any atom is -0.384 e. The molecule has 1 atom stereocenters. The zero-order valence-corrected chi connectivity index (χ0v) is 11.6. The number of nitrogens with zero attached hydrogens (tertiary/aromatic N) is 3. The minimum atomic E-state index is 0.598. The van der Waals surface area contributed by atoms with Crippen molar-refractivity contribution in [2.75, 3.05) is 18.8 Å². The average Bonchev–Trinajstić information content (AvgIpc) is 3.05. The van der Waals surface area contributed by atoms with E-state index in [-0.39, 0.29) is 0 Å². The molecule has 1 aliphatic heterocycles. The van der Waals surface area contributed by atoms with Gasteiger partial charge in [0.1, 0.15) is 10.8 Å². The Kier molecular flexibility index (Phi) is 3.75. The van der Waals surface area contributed by atoms with Gasteiger partial charge in [0.25, 0.3) is 0 Å². The molecule has 4 nitrogen and oxygen atoms in total. The van der Waals surface area contributed by atoms with Gasteiger partial charge in [0.05, 0.1) is 6.54 Å². The Hall–Kier alpha value is -1.46. The minimum absolute atomic E-state index is 0.598. The van der Waals surface area contributed by atoms with E-state index in [9.17, 15) is 0 Å². The van der Waals surface area contributed by atoms with Gasteiger partial charge < -0.3 is 5.73 Å². The van der Waals surface area contributed by atoms with E-state index >= 15 is 0 Å². The largest absolute Gasteiger partial charge is 0.384 e. The van der Waals surface area contributed by atoms with Crippen LogP contribution in [-0.4, -0.2) is 28.0 Å². The summed E-state index contributed by atoms with van der Waals surface area (Å²) in [5, 5.41) is 3.26. The molecular formula is C14H18N4S. The Labute approximate surface area is 117 Å². The van der Waals surface area contributed by atoms with Gasteiger partial charge in [-0.25, -0.2) is 9.97 Å². The van der Waals surface area contributed by atoms with Crippen molar-refractivity contribution >= 4 is 17.2 Å². The second-order valence-corrected chi connectivity index (χ2v) is 6.09. The molecule has 100 valence electrons. The molecule has 1 unspecified atom stereocenters. The van der Waals surface area contributed by atoms with Crippen LogP contribution < -0.4 is 5.73 Å². The number of thiazole rings is 1. The Bertz CT molecular complexity index is 509. The highest BCUT2D eigenvalue weighted by Gasteiger charge is 2.23. The topological polar surface area (TPSA) is 55.0 Å². The first-order valence-corrected chi connectivity index (χ1v) is 7.48. The van der Waals surface area contributed by atoms with Gasteiger partial charge >= 0.3 is 0 Å². The van der Waals surface area contributed by atoms with Crippen molar-refractivity contribution in [1.29, 1.82) is 0 Å². The maximum Gasteiger partial charge on any atom is 0.123 e. The molecule has 2 aromatic heterocycles. The fourth-order valence-corrected chi connectivity index (χ4v) is 3.29. The van der Waals surface area contributed by atoms with Gasteiger partial charge in [-0.1, -0.05) is 6.07 Å². The number of hydrogen-bond donors (Lipinski definition) is 1. The number of likely N-dealkylation sites (tertiary alicyclic amines) is 1. The normalized spacial score (nSPS) is 19.9. The third-order valence-electron chi connectivity index (χ3n) is 3.58. The summed E-state index contributed by atoms with van der Waals surface area (Å²) < 4.78 is 0. The first kappa shape index (κ1) is 12.6. The fourth-order valence-electron chi connectivity index (χ4n) is 2.64. The fraction of sp³-hybridized carbons (Fsp3) is 0.429. The molecule has 1 aliphatic rings. The van der Waals surface area contributed by atoms with Crippen LogP contribution in [0.2, 0.25) is 0 Å². The Balaban J connectivity index is 1.53. The number of anilines is 1. The van der Waals surface area contributed by atoms with Crippen LogP contribution >= 0.6 is 11.3 Å². The van der Waals surface area contributed by atoms with Gasteiger partial charge in [0, 0.05) is 24.3 Å². The van der Waals surface area contributed by atoms with Gasteiger partial charge in [-0.15, -0.1) is 11.3 Å². The lowest BCUT2D eigenvalue weighted by Gasteiger charge is -2.14. The molecule has 5 heteroatoms. The summed E-state index contributed by atoms with van der Waals surface area (Å²) >= 11 is 1.74. The summed E-state index contributed by atoms with van der Waals surface area (Å²) in [7, 11) is 0. The van der Waals surface area contributed by atoms with Gasteiger partial charge in [-0.3, -0.25) is 4.90 Å². The Morgan fingerprint density at radius 2 is 2.32 bits per heavy atom. The Morgan fingerprint density at radius 3 is 3.05 bits per heavy atom. The molecule has 0 aliphatic carbocycles. The van der Waals surface area contributed by atoms with Crippen LogP contribution in [-0.2, 0) is 13.0 Å². The molecule has 0 aromatic carbocycles. The van der Waals surface area contributed by atoms with Crippen LogP contribution in [0.1, 0.15) is 17.0 Å². The van der Waals surface area contributed by atoms with E-state index in [4.69, 9.17) is 5.73 Å². The molecule has 0 spiro atoms. The number of nitrogen functional groups attached to an aromatic ring is 1. The lowest BCUT2D eigenvalue weighted by atomic mass is 10.00. The predicted octanol–water partition coefficient (Wildman–Crippen LogP) is 2.18. The van der Waals surface area contributed by atoms with E-state index in [1.807, 2.05) is 23.8 Å². The van der Waals surface area contributed by atoms with Gasteiger partial charge in [0.2, 0.25) is 0 Å². The van der Waals surface area contributed by atoms with E-state index in [0.29, 0.717) is 5.82 Å².